The molecule has 0 aliphatic rings. The van der Waals surface area contributed by atoms with E-state index in [9.17, 15) is 9.59 Å². The summed E-state index contributed by atoms with van der Waals surface area (Å²) in [6.07, 6.45) is 0. The van der Waals surface area contributed by atoms with Crippen LogP contribution in [-0.4, -0.2) is 42.4 Å². The Balaban J connectivity index is 0. The molecule has 6 nitrogen and oxygen atoms in total. The Labute approximate surface area is 175 Å². The van der Waals surface area contributed by atoms with Crippen molar-refractivity contribution in [1.82, 2.24) is 15.5 Å². The average molecular weight is 421 g/mol. The summed E-state index contributed by atoms with van der Waals surface area (Å²) in [7, 11) is 0. The molecule has 1 atom stereocenters. The Morgan fingerprint density at radius 2 is 1.67 bits per heavy atom. The van der Waals surface area contributed by atoms with E-state index >= 15 is 0 Å². The molecule has 156 valence electrons. The Morgan fingerprint density at radius 1 is 1.07 bits per heavy atom. The van der Waals surface area contributed by atoms with Crippen molar-refractivity contribution >= 4 is 36.6 Å². The van der Waals surface area contributed by atoms with Crippen molar-refractivity contribution < 1.29 is 9.59 Å². The molecule has 8 heteroatoms. The van der Waals surface area contributed by atoms with Crippen molar-refractivity contribution in [2.45, 2.75) is 46.8 Å². The number of rotatable bonds is 10. The number of nitrogens with zero attached hydrogens (tertiary/aromatic N) is 1. The van der Waals surface area contributed by atoms with Gasteiger partial charge in [-0.3, -0.25) is 14.5 Å². The average Bonchev–Trinajstić information content (AvgIpc) is 2.61. The highest BCUT2D eigenvalue weighted by Crippen LogP contribution is 2.08. The summed E-state index contributed by atoms with van der Waals surface area (Å²) >= 11 is 0. The second kappa shape index (κ2) is 14.7. The van der Waals surface area contributed by atoms with Crippen LogP contribution in [0.2, 0.25) is 0 Å². The molecular formula is C19H34Cl2N4O2. The number of nitrogens with two attached hydrogens (primary N) is 1. The second-order valence-electron chi connectivity index (χ2n) is 6.55. The zero-order chi connectivity index (χ0) is 18.8. The van der Waals surface area contributed by atoms with E-state index in [1.54, 1.807) is 0 Å². The summed E-state index contributed by atoms with van der Waals surface area (Å²) in [6, 6.07) is 7.59. The molecule has 1 aromatic rings. The molecule has 0 heterocycles. The monoisotopic (exact) mass is 420 g/mol. The highest BCUT2D eigenvalue weighted by atomic mass is 35.5. The fourth-order valence-corrected chi connectivity index (χ4v) is 2.39. The van der Waals surface area contributed by atoms with Crippen LogP contribution in [0.1, 0.15) is 38.8 Å². The molecule has 0 saturated carbocycles. The molecule has 2 amide bonds. The van der Waals surface area contributed by atoms with Gasteiger partial charge in [0.25, 0.3) is 0 Å². The first kappa shape index (κ1) is 27.9. The van der Waals surface area contributed by atoms with Gasteiger partial charge < -0.3 is 16.4 Å². The Kier molecular flexibility index (Phi) is 15.2. The molecule has 0 spiro atoms. The summed E-state index contributed by atoms with van der Waals surface area (Å²) in [5, 5.41) is 5.39. The predicted octanol–water partition coefficient (Wildman–Crippen LogP) is 2.09. The summed E-state index contributed by atoms with van der Waals surface area (Å²) in [4.78, 5) is 26.0. The van der Waals surface area contributed by atoms with E-state index < -0.39 is 6.04 Å². The Bertz CT molecular complexity index is 566. The lowest BCUT2D eigenvalue weighted by Gasteiger charge is -2.18. The van der Waals surface area contributed by atoms with E-state index in [0.29, 0.717) is 6.54 Å². The van der Waals surface area contributed by atoms with E-state index in [2.05, 4.69) is 41.5 Å². The smallest absolute Gasteiger partial charge is 0.239 e. The Morgan fingerprint density at radius 3 is 2.22 bits per heavy atom. The second-order valence-corrected chi connectivity index (χ2v) is 6.55. The van der Waals surface area contributed by atoms with Gasteiger partial charge in [0.05, 0.1) is 12.6 Å². The van der Waals surface area contributed by atoms with Crippen LogP contribution in [0, 0.1) is 5.92 Å². The fraction of sp³-hybridized carbons (Fsp3) is 0.579. The maximum atomic E-state index is 11.9. The van der Waals surface area contributed by atoms with Crippen LogP contribution in [0.25, 0.3) is 0 Å². The van der Waals surface area contributed by atoms with E-state index in [-0.39, 0.29) is 49.1 Å². The number of hydrogen-bond acceptors (Lipinski definition) is 4. The third kappa shape index (κ3) is 10.5. The third-order valence-corrected chi connectivity index (χ3v) is 4.23. The number of carbonyl (C=O) groups is 2. The maximum absolute atomic E-state index is 11.9. The van der Waals surface area contributed by atoms with Crippen LogP contribution < -0.4 is 16.4 Å². The van der Waals surface area contributed by atoms with E-state index in [4.69, 9.17) is 5.73 Å². The van der Waals surface area contributed by atoms with Crippen molar-refractivity contribution in [2.24, 2.45) is 11.7 Å². The van der Waals surface area contributed by atoms with Crippen molar-refractivity contribution in [3.63, 3.8) is 0 Å². The van der Waals surface area contributed by atoms with Crippen molar-refractivity contribution in [2.75, 3.05) is 19.6 Å². The molecule has 0 saturated heterocycles. The molecule has 1 aromatic carbocycles. The zero-order valence-electron chi connectivity index (χ0n) is 16.7. The lowest BCUT2D eigenvalue weighted by atomic mass is 10.1. The number of halogens is 2. The van der Waals surface area contributed by atoms with Gasteiger partial charge in [-0.15, -0.1) is 24.8 Å². The molecule has 27 heavy (non-hydrogen) atoms. The molecule has 0 aromatic heterocycles. The number of nitrogens with one attached hydrogen (secondary N) is 2. The molecule has 1 rings (SSSR count). The largest absolute Gasteiger partial charge is 0.350 e. The molecule has 0 aliphatic carbocycles. The van der Waals surface area contributed by atoms with Gasteiger partial charge in [-0.05, 0) is 30.1 Å². The summed E-state index contributed by atoms with van der Waals surface area (Å²) in [6.45, 7) is 11.3. The van der Waals surface area contributed by atoms with Gasteiger partial charge in [0.1, 0.15) is 0 Å². The van der Waals surface area contributed by atoms with Gasteiger partial charge in [0.15, 0.2) is 0 Å². The van der Waals surface area contributed by atoms with Gasteiger partial charge in [0, 0.05) is 13.1 Å². The van der Waals surface area contributed by atoms with Crippen LogP contribution >= 0.6 is 24.8 Å². The summed E-state index contributed by atoms with van der Waals surface area (Å²) in [5.41, 5.74) is 8.02. The first-order valence-electron chi connectivity index (χ1n) is 8.97. The summed E-state index contributed by atoms with van der Waals surface area (Å²) in [5.74, 6) is -0.485. The number of amides is 2. The van der Waals surface area contributed by atoms with Gasteiger partial charge in [-0.2, -0.15) is 0 Å². The molecule has 0 fully saturated rings. The van der Waals surface area contributed by atoms with E-state index in [1.165, 1.54) is 5.56 Å². The van der Waals surface area contributed by atoms with Crippen LogP contribution in [0.4, 0.5) is 0 Å². The predicted molar refractivity (Wildman–Crippen MR) is 115 cm³/mol. The first-order valence-corrected chi connectivity index (χ1v) is 8.97. The van der Waals surface area contributed by atoms with Gasteiger partial charge in [-0.1, -0.05) is 52.0 Å². The van der Waals surface area contributed by atoms with Crippen molar-refractivity contribution in [3.8, 4) is 0 Å². The fourth-order valence-electron chi connectivity index (χ4n) is 2.39. The number of hydrogen-bond donors (Lipinski definition) is 3. The highest BCUT2D eigenvalue weighted by molar-refractivity contribution is 5.87. The zero-order valence-corrected chi connectivity index (χ0v) is 18.3. The molecule has 4 N–H and O–H groups in total. The van der Waals surface area contributed by atoms with Crippen molar-refractivity contribution in [1.29, 1.82) is 0 Å². The third-order valence-electron chi connectivity index (χ3n) is 4.23. The minimum atomic E-state index is -0.593. The lowest BCUT2D eigenvalue weighted by Crippen LogP contribution is -2.47. The Hall–Kier alpha value is -1.34. The molecular weight excluding hydrogens is 387 g/mol. The lowest BCUT2D eigenvalue weighted by molar-refractivity contribution is -0.127. The standard InChI is InChI=1S/C19H32N4O2.2ClH/c1-5-23(6-2)13-16-9-7-8-15(10-16)11-21-17(24)12-22-19(25)18(20)14(3)4;;/h7-10,14,18H,5-6,11-13,20H2,1-4H3,(H,21,24)(H,22,25);2*1H/t18-;;/m0../s1. The van der Waals surface area contributed by atoms with E-state index in [1.807, 2.05) is 26.0 Å². The molecule has 0 bridgehead atoms. The maximum Gasteiger partial charge on any atom is 0.239 e. The SMILES string of the molecule is CCN(CC)Cc1cccc(CNC(=O)CNC(=O)[C@@H](N)C(C)C)c1.Cl.Cl. The number of benzene rings is 1. The normalized spacial score (nSPS) is 11.4. The van der Waals surface area contributed by atoms with Crippen LogP contribution in [0.15, 0.2) is 24.3 Å². The minimum absolute atomic E-state index is 0. The highest BCUT2D eigenvalue weighted by Gasteiger charge is 2.17. The topological polar surface area (TPSA) is 87.5 Å². The van der Waals surface area contributed by atoms with Crippen molar-refractivity contribution in [3.05, 3.63) is 35.4 Å². The van der Waals surface area contributed by atoms with Gasteiger partial charge in [-0.25, -0.2) is 0 Å². The molecule has 0 aliphatic heterocycles. The van der Waals surface area contributed by atoms with E-state index in [0.717, 1.165) is 25.2 Å². The van der Waals surface area contributed by atoms with Crippen LogP contribution in [0.5, 0.6) is 0 Å². The number of carbonyl (C=O) groups excluding carboxylic acids is 2. The molecule has 0 radical (unpaired) electrons. The van der Waals surface area contributed by atoms with Crippen LogP contribution in [-0.2, 0) is 22.7 Å². The first-order chi connectivity index (χ1) is 11.9. The van der Waals surface area contributed by atoms with Gasteiger partial charge >= 0.3 is 0 Å². The summed E-state index contributed by atoms with van der Waals surface area (Å²) < 4.78 is 0. The minimum Gasteiger partial charge on any atom is -0.350 e. The quantitative estimate of drug-likeness (QED) is 0.540. The van der Waals surface area contributed by atoms with Crippen LogP contribution in [0.3, 0.4) is 0 Å². The van der Waals surface area contributed by atoms with Gasteiger partial charge in [0.2, 0.25) is 11.8 Å². The molecule has 0 unspecified atom stereocenters.